The van der Waals surface area contributed by atoms with E-state index in [1.54, 1.807) is 0 Å². The van der Waals surface area contributed by atoms with Crippen molar-refractivity contribution in [2.24, 2.45) is 5.92 Å². The molecule has 3 heterocycles. The summed E-state index contributed by atoms with van der Waals surface area (Å²) in [6, 6.07) is 11.3. The summed E-state index contributed by atoms with van der Waals surface area (Å²) >= 11 is 0. The Balaban J connectivity index is 0.000000514. The first kappa shape index (κ1) is 12.4. The Morgan fingerprint density at radius 2 is 1.71 bits per heavy atom. The maximum absolute atomic E-state index is 3.67. The number of para-hydroxylation sites is 1. The van der Waals surface area contributed by atoms with E-state index in [4.69, 9.17) is 0 Å². The second kappa shape index (κ2) is 6.06. The van der Waals surface area contributed by atoms with Crippen molar-refractivity contribution in [3.63, 3.8) is 0 Å². The fourth-order valence-electron chi connectivity index (χ4n) is 2.88. The Bertz CT molecular complexity index is 315. The first-order valence-electron chi connectivity index (χ1n) is 6.96. The minimum atomic E-state index is 0.676. The van der Waals surface area contributed by atoms with Gasteiger partial charge in [-0.05, 0) is 44.0 Å². The van der Waals surface area contributed by atoms with E-state index in [9.17, 15) is 0 Å². The van der Waals surface area contributed by atoms with Gasteiger partial charge in [-0.3, -0.25) is 0 Å². The van der Waals surface area contributed by atoms with E-state index in [1.807, 2.05) is 13.8 Å². The molecule has 3 saturated heterocycles. The highest BCUT2D eigenvalue weighted by Crippen LogP contribution is 2.29. The highest BCUT2D eigenvalue weighted by Gasteiger charge is 2.33. The third-order valence-corrected chi connectivity index (χ3v) is 3.78. The molecule has 4 rings (SSSR count). The van der Waals surface area contributed by atoms with Crippen molar-refractivity contribution in [3.8, 4) is 0 Å². The average Bonchev–Trinajstić information content (AvgIpc) is 2.43. The van der Waals surface area contributed by atoms with Crippen molar-refractivity contribution in [3.05, 3.63) is 30.3 Å². The first-order valence-corrected chi connectivity index (χ1v) is 6.96. The number of fused-ring (bicyclic) bond motifs is 3. The third kappa shape index (κ3) is 3.01. The van der Waals surface area contributed by atoms with Crippen molar-refractivity contribution in [2.45, 2.75) is 32.7 Å². The van der Waals surface area contributed by atoms with E-state index in [0.717, 1.165) is 5.92 Å². The summed E-state index contributed by atoms with van der Waals surface area (Å²) < 4.78 is 0. The number of rotatable bonds is 2. The van der Waals surface area contributed by atoms with Crippen LogP contribution in [0.4, 0.5) is 5.69 Å². The number of hydrogen-bond acceptors (Lipinski definition) is 2. The van der Waals surface area contributed by atoms with Crippen LogP contribution in [-0.2, 0) is 0 Å². The van der Waals surface area contributed by atoms with Crippen LogP contribution in [0.3, 0.4) is 0 Å². The second-order valence-corrected chi connectivity index (χ2v) is 4.75. The summed E-state index contributed by atoms with van der Waals surface area (Å²) in [5.41, 5.74) is 1.27. The second-order valence-electron chi connectivity index (χ2n) is 4.75. The number of benzene rings is 1. The van der Waals surface area contributed by atoms with Gasteiger partial charge in [0.25, 0.3) is 0 Å². The van der Waals surface area contributed by atoms with E-state index >= 15 is 0 Å². The predicted molar refractivity (Wildman–Crippen MR) is 74.4 cm³/mol. The molecule has 94 valence electrons. The lowest BCUT2D eigenvalue weighted by molar-refractivity contribution is 0.0975. The van der Waals surface area contributed by atoms with E-state index < -0.39 is 0 Å². The lowest BCUT2D eigenvalue weighted by Gasteiger charge is -2.45. The maximum atomic E-state index is 3.67. The quantitative estimate of drug-likeness (QED) is 0.842. The summed E-state index contributed by atoms with van der Waals surface area (Å²) in [4.78, 5) is 2.58. The van der Waals surface area contributed by atoms with Crippen LogP contribution in [0.15, 0.2) is 30.3 Å². The van der Waals surface area contributed by atoms with Crippen LogP contribution in [-0.4, -0.2) is 30.6 Å². The standard InChI is InChI=1S/C13H18N2.C2H6/c1-2-4-12(5-3-1)14-13-10-15-8-6-11(13)7-9-15;1-2/h1-5,11,13-14H,6-10H2;1-2H3/t13-;/m0./s1. The summed E-state index contributed by atoms with van der Waals surface area (Å²) in [7, 11) is 0. The number of hydrogen-bond donors (Lipinski definition) is 1. The van der Waals surface area contributed by atoms with Gasteiger partial charge in [-0.15, -0.1) is 0 Å². The zero-order valence-electron chi connectivity index (χ0n) is 11.0. The van der Waals surface area contributed by atoms with Crippen LogP contribution in [0.5, 0.6) is 0 Å². The predicted octanol–water partition coefficient (Wildman–Crippen LogP) is 3.22. The molecule has 0 unspecified atom stereocenters. The van der Waals surface area contributed by atoms with Crippen LogP contribution < -0.4 is 5.32 Å². The number of anilines is 1. The molecule has 1 atom stereocenters. The van der Waals surface area contributed by atoms with Gasteiger partial charge in [-0.1, -0.05) is 32.0 Å². The van der Waals surface area contributed by atoms with Gasteiger partial charge in [0.1, 0.15) is 0 Å². The molecule has 0 spiro atoms. The number of nitrogens with one attached hydrogen (secondary N) is 1. The van der Waals surface area contributed by atoms with Gasteiger partial charge in [0, 0.05) is 18.3 Å². The Hall–Kier alpha value is -1.02. The zero-order chi connectivity index (χ0) is 12.1. The first-order chi connectivity index (χ1) is 8.42. The smallest absolute Gasteiger partial charge is 0.0417 e. The van der Waals surface area contributed by atoms with Gasteiger partial charge < -0.3 is 10.2 Å². The highest BCUT2D eigenvalue weighted by molar-refractivity contribution is 5.43. The van der Waals surface area contributed by atoms with Gasteiger partial charge in [0.2, 0.25) is 0 Å². The molecule has 1 aromatic rings. The molecule has 3 aliphatic rings. The lowest BCUT2D eigenvalue weighted by atomic mass is 9.84. The molecular formula is C15H24N2. The molecule has 0 aromatic heterocycles. The molecule has 0 radical (unpaired) electrons. The molecule has 0 amide bonds. The zero-order valence-corrected chi connectivity index (χ0v) is 11.0. The van der Waals surface area contributed by atoms with Crippen LogP contribution in [0.2, 0.25) is 0 Å². The molecule has 0 saturated carbocycles. The van der Waals surface area contributed by atoms with Crippen molar-refractivity contribution in [1.82, 2.24) is 4.90 Å². The molecule has 3 aliphatic heterocycles. The molecule has 1 aromatic carbocycles. The summed E-state index contributed by atoms with van der Waals surface area (Å²) in [6.07, 6.45) is 2.76. The minimum Gasteiger partial charge on any atom is -0.381 e. The third-order valence-electron chi connectivity index (χ3n) is 3.78. The molecule has 17 heavy (non-hydrogen) atoms. The van der Waals surface area contributed by atoms with E-state index in [1.165, 1.54) is 38.2 Å². The normalized spacial score (nSPS) is 30.4. The van der Waals surface area contributed by atoms with Crippen molar-refractivity contribution in [1.29, 1.82) is 0 Å². The molecule has 2 nitrogen and oxygen atoms in total. The molecule has 2 heteroatoms. The van der Waals surface area contributed by atoms with Crippen molar-refractivity contribution >= 4 is 5.69 Å². The fourth-order valence-corrected chi connectivity index (χ4v) is 2.88. The van der Waals surface area contributed by atoms with Gasteiger partial charge in [0.15, 0.2) is 0 Å². The minimum absolute atomic E-state index is 0.676. The number of piperidine rings is 3. The maximum Gasteiger partial charge on any atom is 0.0417 e. The molecule has 0 aliphatic carbocycles. The van der Waals surface area contributed by atoms with E-state index in [-0.39, 0.29) is 0 Å². The molecule has 2 bridgehead atoms. The Labute approximate surface area is 105 Å². The van der Waals surface area contributed by atoms with Crippen LogP contribution >= 0.6 is 0 Å². The van der Waals surface area contributed by atoms with Gasteiger partial charge in [0.05, 0.1) is 0 Å². The van der Waals surface area contributed by atoms with E-state index in [0.29, 0.717) is 6.04 Å². The molecular weight excluding hydrogens is 208 g/mol. The Kier molecular flexibility index (Phi) is 4.43. The largest absolute Gasteiger partial charge is 0.381 e. The highest BCUT2D eigenvalue weighted by atomic mass is 15.2. The molecule has 3 fully saturated rings. The van der Waals surface area contributed by atoms with Crippen molar-refractivity contribution < 1.29 is 0 Å². The Morgan fingerprint density at radius 3 is 2.24 bits per heavy atom. The van der Waals surface area contributed by atoms with E-state index in [2.05, 4.69) is 40.5 Å². The average molecular weight is 232 g/mol. The number of nitrogens with zero attached hydrogens (tertiary/aromatic N) is 1. The summed E-state index contributed by atoms with van der Waals surface area (Å²) in [5.74, 6) is 0.898. The Morgan fingerprint density at radius 1 is 1.06 bits per heavy atom. The summed E-state index contributed by atoms with van der Waals surface area (Å²) in [6.45, 7) is 7.87. The van der Waals surface area contributed by atoms with Gasteiger partial charge >= 0.3 is 0 Å². The van der Waals surface area contributed by atoms with Crippen molar-refractivity contribution in [2.75, 3.05) is 25.0 Å². The molecule has 1 N–H and O–H groups in total. The fraction of sp³-hybridized carbons (Fsp3) is 0.600. The van der Waals surface area contributed by atoms with Crippen LogP contribution in [0.25, 0.3) is 0 Å². The van der Waals surface area contributed by atoms with Crippen LogP contribution in [0, 0.1) is 5.92 Å². The van der Waals surface area contributed by atoms with Gasteiger partial charge in [-0.2, -0.15) is 0 Å². The summed E-state index contributed by atoms with van der Waals surface area (Å²) in [5, 5.41) is 3.67. The van der Waals surface area contributed by atoms with Gasteiger partial charge in [-0.25, -0.2) is 0 Å². The topological polar surface area (TPSA) is 15.3 Å². The monoisotopic (exact) mass is 232 g/mol. The SMILES string of the molecule is CC.c1ccc(N[C@H]2CN3CCC2CC3)cc1. The van der Waals surface area contributed by atoms with Crippen LogP contribution in [0.1, 0.15) is 26.7 Å². The lowest BCUT2D eigenvalue weighted by Crippen LogP contribution is -2.53.